The molecule has 3 fully saturated rings. The van der Waals surface area contributed by atoms with Gasteiger partial charge in [0.05, 0.1) is 34.7 Å². The number of aromatic amines is 1. The molecule has 4 aliphatic rings. The number of nitrogens with zero attached hydrogens (tertiary/aromatic N) is 1. The number of rotatable bonds is 4. The zero-order valence-electron chi connectivity index (χ0n) is 23.4. The number of aromatic nitrogens is 1. The summed E-state index contributed by atoms with van der Waals surface area (Å²) in [5, 5.41) is 1.06. The smallest absolute Gasteiger partial charge is 0.338 e. The fourth-order valence-corrected chi connectivity index (χ4v) is 10.7. The van der Waals surface area contributed by atoms with Crippen LogP contribution in [-0.2, 0) is 19.7 Å². The van der Waals surface area contributed by atoms with Gasteiger partial charge in [0.25, 0.3) is 0 Å². The molecule has 1 saturated heterocycles. The van der Waals surface area contributed by atoms with Crippen molar-refractivity contribution in [3.63, 3.8) is 0 Å². The molecule has 2 aliphatic carbocycles. The summed E-state index contributed by atoms with van der Waals surface area (Å²) in [6.07, 6.45) is 0.848. The van der Waals surface area contributed by atoms with E-state index in [0.29, 0.717) is 11.3 Å². The summed E-state index contributed by atoms with van der Waals surface area (Å²) in [5.41, 5.74) is 3.33. The van der Waals surface area contributed by atoms with Gasteiger partial charge >= 0.3 is 10.8 Å². The number of thioether (sulfide) groups is 1. The Morgan fingerprint density at radius 2 is 1.63 bits per heavy atom. The molecule has 2 aliphatic heterocycles. The molecule has 1 aromatic heterocycles. The van der Waals surface area contributed by atoms with Crippen LogP contribution in [0.3, 0.4) is 0 Å². The third-order valence-corrected chi connectivity index (χ3v) is 12.1. The van der Waals surface area contributed by atoms with Gasteiger partial charge in [0, 0.05) is 16.0 Å². The molecule has 7 nitrogen and oxygen atoms in total. The van der Waals surface area contributed by atoms with Crippen molar-refractivity contribution in [2.24, 2.45) is 29.6 Å². The summed E-state index contributed by atoms with van der Waals surface area (Å²) in [6.45, 7) is 8.61. The Hall–Kier alpha value is -3.17. The van der Waals surface area contributed by atoms with E-state index in [4.69, 9.17) is 4.74 Å². The number of benzene rings is 2. The number of thiazole rings is 1. The van der Waals surface area contributed by atoms with Gasteiger partial charge in [-0.1, -0.05) is 56.4 Å². The van der Waals surface area contributed by atoms with E-state index in [2.05, 4.69) is 50.0 Å². The lowest BCUT2D eigenvalue weighted by atomic mass is 9.68. The second kappa shape index (κ2) is 9.42. The summed E-state index contributed by atoms with van der Waals surface area (Å²) in [4.78, 5) is 57.9. The third kappa shape index (κ3) is 3.99. The average Bonchev–Trinajstić information content (AvgIpc) is 3.67. The highest BCUT2D eigenvalue weighted by Gasteiger charge is 2.69. The first-order chi connectivity index (χ1) is 19.6. The van der Waals surface area contributed by atoms with Crippen LogP contribution in [0.2, 0.25) is 0 Å². The molecular weight excluding hydrogens is 556 g/mol. The molecule has 3 aromatic rings. The molecule has 7 rings (SSSR count). The van der Waals surface area contributed by atoms with E-state index in [1.165, 1.54) is 21.8 Å². The Kier molecular flexibility index (Phi) is 6.14. The van der Waals surface area contributed by atoms with E-state index in [-0.39, 0.29) is 69.5 Å². The normalized spacial score (nSPS) is 29.9. The summed E-state index contributed by atoms with van der Waals surface area (Å²) >= 11 is 2.98. The molecule has 41 heavy (non-hydrogen) atoms. The van der Waals surface area contributed by atoms with Crippen LogP contribution in [0.4, 0.5) is 5.69 Å². The Balaban J connectivity index is 1.24. The van der Waals surface area contributed by atoms with Crippen molar-refractivity contribution in [1.82, 2.24) is 4.98 Å². The quantitative estimate of drug-likeness (QED) is 0.315. The number of ether oxygens (including phenoxy) is 1. The van der Waals surface area contributed by atoms with Crippen molar-refractivity contribution in [2.45, 2.75) is 55.7 Å². The zero-order chi connectivity index (χ0) is 28.8. The van der Waals surface area contributed by atoms with Crippen LogP contribution in [0.15, 0.2) is 58.4 Å². The molecule has 212 valence electrons. The van der Waals surface area contributed by atoms with E-state index in [0.717, 1.165) is 21.9 Å². The summed E-state index contributed by atoms with van der Waals surface area (Å²) < 4.78 is 5.07. The summed E-state index contributed by atoms with van der Waals surface area (Å²) in [5.74, 6) is -1.16. The molecule has 7 atom stereocenters. The highest BCUT2D eigenvalue weighted by Crippen LogP contribution is 2.68. The molecule has 2 saturated carbocycles. The largest absolute Gasteiger partial charge is 0.462 e. The van der Waals surface area contributed by atoms with Crippen LogP contribution in [0.25, 0.3) is 0 Å². The van der Waals surface area contributed by atoms with Crippen LogP contribution in [0, 0.1) is 29.6 Å². The zero-order valence-corrected chi connectivity index (χ0v) is 25.0. The topological polar surface area (TPSA) is 96.5 Å². The predicted octanol–water partition coefficient (Wildman–Crippen LogP) is 5.59. The number of anilines is 1. The highest BCUT2D eigenvalue weighted by molar-refractivity contribution is 8.00. The van der Waals surface area contributed by atoms with Gasteiger partial charge in [-0.3, -0.25) is 19.3 Å². The Labute approximate surface area is 246 Å². The minimum atomic E-state index is -0.429. The maximum absolute atomic E-state index is 14.0. The second-order valence-electron chi connectivity index (χ2n) is 12.6. The van der Waals surface area contributed by atoms with Gasteiger partial charge in [0.2, 0.25) is 11.8 Å². The van der Waals surface area contributed by atoms with E-state index in [1.54, 1.807) is 43.0 Å². The number of esters is 1. The maximum Gasteiger partial charge on any atom is 0.338 e. The molecule has 2 bridgehead atoms. The van der Waals surface area contributed by atoms with Gasteiger partial charge in [0.1, 0.15) is 0 Å². The molecular formula is C32H32N2O5S2. The number of hydrogen-bond acceptors (Lipinski definition) is 7. The van der Waals surface area contributed by atoms with Gasteiger partial charge in [0.15, 0.2) is 0 Å². The molecule has 6 unspecified atom stereocenters. The first-order valence-corrected chi connectivity index (χ1v) is 15.9. The SMILES string of the molecule is CCOC(=O)c1ccc(N2C(=O)C3C4CC(C3C2=O)C2C4Sc3[nH]c(=O)sc3[C@@H]2c2ccc(C(C)(C)C)cc2)cc1. The average molecular weight is 589 g/mol. The fraction of sp³-hybridized carbons (Fsp3) is 0.438. The number of fused-ring (bicyclic) bond motifs is 9. The van der Waals surface area contributed by atoms with Gasteiger partial charge in [-0.2, -0.15) is 0 Å². The number of imide groups is 1. The lowest BCUT2D eigenvalue weighted by molar-refractivity contribution is -0.123. The molecule has 1 N–H and O–H groups in total. The van der Waals surface area contributed by atoms with Crippen molar-refractivity contribution in [3.8, 4) is 0 Å². The first-order valence-electron chi connectivity index (χ1n) is 14.2. The highest BCUT2D eigenvalue weighted by atomic mass is 32.2. The molecule has 3 heterocycles. The first kappa shape index (κ1) is 26.7. The minimum Gasteiger partial charge on any atom is -0.462 e. The Morgan fingerprint density at radius 1 is 0.976 bits per heavy atom. The van der Waals surface area contributed by atoms with Crippen molar-refractivity contribution in [1.29, 1.82) is 0 Å². The van der Waals surface area contributed by atoms with Gasteiger partial charge in [-0.25, -0.2) is 4.79 Å². The number of H-pyrrole nitrogens is 1. The lowest BCUT2D eigenvalue weighted by Crippen LogP contribution is -2.42. The number of carbonyl (C=O) groups is 3. The van der Waals surface area contributed by atoms with Gasteiger partial charge in [-0.15, -0.1) is 11.8 Å². The van der Waals surface area contributed by atoms with Crippen LogP contribution < -0.4 is 9.77 Å². The van der Waals surface area contributed by atoms with E-state index < -0.39 is 5.97 Å². The van der Waals surface area contributed by atoms with Crippen LogP contribution >= 0.6 is 23.1 Å². The third-order valence-electron chi connectivity index (χ3n) is 9.50. The molecule has 0 spiro atoms. The molecule has 9 heteroatoms. The van der Waals surface area contributed by atoms with Gasteiger partial charge < -0.3 is 9.72 Å². The molecule has 2 amide bonds. The predicted molar refractivity (Wildman–Crippen MR) is 159 cm³/mol. The minimum absolute atomic E-state index is 0.00554. The van der Waals surface area contributed by atoms with Crippen molar-refractivity contribution >= 4 is 46.6 Å². The van der Waals surface area contributed by atoms with Crippen LogP contribution in [0.5, 0.6) is 0 Å². The Morgan fingerprint density at radius 3 is 2.27 bits per heavy atom. The second-order valence-corrected chi connectivity index (χ2v) is 14.8. The van der Waals surface area contributed by atoms with Crippen molar-refractivity contribution in [2.75, 3.05) is 11.5 Å². The van der Waals surface area contributed by atoms with Crippen LogP contribution in [0.1, 0.15) is 66.4 Å². The monoisotopic (exact) mass is 588 g/mol. The van der Waals surface area contributed by atoms with Crippen molar-refractivity contribution in [3.05, 3.63) is 79.8 Å². The Bertz CT molecular complexity index is 1620. The molecule has 2 aromatic carbocycles. The molecule has 0 radical (unpaired) electrons. The maximum atomic E-state index is 14.0. The summed E-state index contributed by atoms with van der Waals surface area (Å²) in [6, 6.07) is 15.3. The number of nitrogens with one attached hydrogen (secondary N) is 1. The van der Waals surface area contributed by atoms with E-state index >= 15 is 0 Å². The number of hydrogen-bond donors (Lipinski definition) is 1. The number of carbonyl (C=O) groups excluding carboxylic acids is 3. The van der Waals surface area contributed by atoms with E-state index in [9.17, 15) is 19.2 Å². The number of amides is 2. The van der Waals surface area contributed by atoms with E-state index in [1.807, 2.05) is 0 Å². The summed E-state index contributed by atoms with van der Waals surface area (Å²) in [7, 11) is 0. The standard InChI is InChI=1S/C32H32N2O5S2/c1-5-39-30(37)16-8-12-18(13-9-16)34-28(35)23-19-14-20(24(23)29(34)36)25-22(19)21(26-27(40-25)33-31(38)41-26)15-6-10-17(11-7-15)32(2,3)4/h6-13,19-25H,5,14H2,1-4H3,(H,33,38)/t19?,20?,21-,22?,23?,24?,25?/m1/s1. The fourth-order valence-electron chi connectivity index (χ4n) is 7.80. The van der Waals surface area contributed by atoms with Crippen LogP contribution in [-0.4, -0.2) is 34.6 Å². The van der Waals surface area contributed by atoms with Crippen molar-refractivity contribution < 1.29 is 19.1 Å². The lowest BCUT2D eigenvalue weighted by Gasteiger charge is -2.43. The van der Waals surface area contributed by atoms with Gasteiger partial charge in [-0.05, 0) is 71.9 Å².